The van der Waals surface area contributed by atoms with Crippen molar-refractivity contribution in [2.75, 3.05) is 32.9 Å². The average molecular weight is 231 g/mol. The highest BCUT2D eigenvalue weighted by molar-refractivity contribution is 5.81. The Labute approximate surface area is 99.3 Å². The lowest BCUT2D eigenvalue weighted by atomic mass is 10.3. The average Bonchev–Trinajstić information content (AvgIpc) is 2.86. The fourth-order valence-electron chi connectivity index (χ4n) is 1.78. The van der Waals surface area contributed by atoms with Gasteiger partial charge in [-0.2, -0.15) is 0 Å². The van der Waals surface area contributed by atoms with Crippen molar-refractivity contribution < 1.29 is 15.6 Å². The lowest BCUT2D eigenvalue weighted by Crippen LogP contribution is -2.41. The summed E-state index contributed by atoms with van der Waals surface area (Å²) in [5.41, 5.74) is 0. The van der Waals surface area contributed by atoms with Gasteiger partial charge in [0.2, 0.25) is 0 Å². The maximum absolute atomic E-state index is 12.1. The number of nitrogens with zero attached hydrogens (tertiary/aromatic N) is 1. The van der Waals surface area contributed by atoms with Gasteiger partial charge in [0.1, 0.15) is 0 Å². The molecule has 1 aliphatic heterocycles. The Balaban J connectivity index is 2.39. The van der Waals surface area contributed by atoms with Gasteiger partial charge in [-0.1, -0.05) is 6.92 Å². The highest BCUT2D eigenvalue weighted by Gasteiger charge is 2.26. The summed E-state index contributed by atoms with van der Waals surface area (Å²) in [6.45, 7) is 5.12. The molecule has 1 rings (SSSR count). The van der Waals surface area contributed by atoms with Crippen LogP contribution in [0.3, 0.4) is 0 Å². The van der Waals surface area contributed by atoms with Gasteiger partial charge in [-0.3, -0.25) is 4.79 Å². The molecular formula is C12H23NO3. The standard InChI is InChI=1S/C12H23NO3/c1-3-9-16-11(10-15-4-2)12(14)13-7-5-6-8-13/h11H,3-10H2,1-2H3/t11-/m0/s1/i2T. The van der Waals surface area contributed by atoms with Gasteiger partial charge in [0.25, 0.3) is 5.91 Å². The highest BCUT2D eigenvalue weighted by atomic mass is 16.5. The minimum atomic E-state index is -0.486. The smallest absolute Gasteiger partial charge is 0.254 e. The van der Waals surface area contributed by atoms with Crippen molar-refractivity contribution in [2.45, 2.75) is 39.2 Å². The maximum atomic E-state index is 12.1. The predicted octanol–water partition coefficient (Wildman–Crippen LogP) is 1.44. The summed E-state index contributed by atoms with van der Waals surface area (Å²) < 4.78 is 17.8. The molecule has 16 heavy (non-hydrogen) atoms. The number of rotatable bonds is 7. The van der Waals surface area contributed by atoms with Crippen LogP contribution in [0, 0.1) is 0 Å². The number of carbonyl (C=O) groups is 1. The van der Waals surface area contributed by atoms with Crippen molar-refractivity contribution in [3.05, 3.63) is 0 Å². The second-order valence-electron chi connectivity index (χ2n) is 3.97. The molecule has 0 N–H and O–H groups in total. The van der Waals surface area contributed by atoms with Crippen molar-refractivity contribution in [3.63, 3.8) is 0 Å². The Morgan fingerprint density at radius 3 is 2.88 bits per heavy atom. The molecule has 1 aliphatic rings. The van der Waals surface area contributed by atoms with Crippen molar-refractivity contribution >= 4 is 5.91 Å². The zero-order valence-corrected chi connectivity index (χ0v) is 10.1. The van der Waals surface area contributed by atoms with Crippen LogP contribution in [0.1, 0.15) is 34.5 Å². The molecule has 0 spiro atoms. The first-order valence-corrected chi connectivity index (χ1v) is 6.07. The lowest BCUT2D eigenvalue weighted by Gasteiger charge is -2.23. The molecule has 1 heterocycles. The van der Waals surface area contributed by atoms with Crippen LogP contribution in [0.25, 0.3) is 0 Å². The van der Waals surface area contributed by atoms with Crippen LogP contribution in [-0.4, -0.2) is 49.8 Å². The summed E-state index contributed by atoms with van der Waals surface area (Å²) >= 11 is 0. The van der Waals surface area contributed by atoms with Gasteiger partial charge in [0.05, 0.1) is 6.61 Å². The van der Waals surface area contributed by atoms with Gasteiger partial charge >= 0.3 is 0 Å². The normalized spacial score (nSPS) is 18.6. The van der Waals surface area contributed by atoms with E-state index < -0.39 is 6.10 Å². The van der Waals surface area contributed by atoms with Crippen LogP contribution in [0.5, 0.6) is 0 Å². The fourth-order valence-corrected chi connectivity index (χ4v) is 1.78. The van der Waals surface area contributed by atoms with E-state index in [-0.39, 0.29) is 19.4 Å². The molecule has 4 heteroatoms. The Morgan fingerprint density at radius 1 is 1.50 bits per heavy atom. The second kappa shape index (κ2) is 7.63. The van der Waals surface area contributed by atoms with Crippen LogP contribution >= 0.6 is 0 Å². The first-order valence-electron chi connectivity index (χ1n) is 6.77. The van der Waals surface area contributed by atoms with E-state index in [9.17, 15) is 4.79 Å². The van der Waals surface area contributed by atoms with Gasteiger partial charge < -0.3 is 14.4 Å². The van der Waals surface area contributed by atoms with E-state index in [1.807, 2.05) is 11.8 Å². The van der Waals surface area contributed by atoms with E-state index in [1.165, 1.54) is 0 Å². The molecule has 1 saturated heterocycles. The third-order valence-corrected chi connectivity index (χ3v) is 2.63. The first kappa shape index (κ1) is 11.9. The quantitative estimate of drug-likeness (QED) is 0.622. The molecule has 1 atom stereocenters. The number of ether oxygens (including phenoxy) is 2. The zero-order chi connectivity index (χ0) is 12.5. The van der Waals surface area contributed by atoms with Gasteiger partial charge in [-0.15, -0.1) is 0 Å². The third kappa shape index (κ3) is 4.10. The predicted molar refractivity (Wildman–Crippen MR) is 62.3 cm³/mol. The van der Waals surface area contributed by atoms with Crippen LogP contribution in [0.4, 0.5) is 0 Å². The lowest BCUT2D eigenvalue weighted by molar-refractivity contribution is -0.146. The van der Waals surface area contributed by atoms with Crippen molar-refractivity contribution in [1.82, 2.24) is 4.90 Å². The fraction of sp³-hybridized carbons (Fsp3) is 0.917. The summed E-state index contributed by atoms with van der Waals surface area (Å²) in [4.78, 5) is 14.0. The number of carbonyl (C=O) groups excluding carboxylic acids is 1. The molecule has 0 radical (unpaired) electrons. The number of hydrogen-bond donors (Lipinski definition) is 0. The van der Waals surface area contributed by atoms with Crippen LogP contribution in [0.15, 0.2) is 0 Å². The third-order valence-electron chi connectivity index (χ3n) is 2.63. The van der Waals surface area contributed by atoms with E-state index in [4.69, 9.17) is 10.8 Å². The van der Waals surface area contributed by atoms with E-state index in [0.29, 0.717) is 13.2 Å². The van der Waals surface area contributed by atoms with Crippen molar-refractivity contribution in [3.8, 4) is 0 Å². The Kier molecular flexibility index (Phi) is 5.66. The van der Waals surface area contributed by atoms with Crippen molar-refractivity contribution in [1.29, 1.82) is 0 Å². The molecule has 0 saturated carbocycles. The molecule has 94 valence electrons. The molecular weight excluding hydrogens is 206 g/mol. The molecule has 4 nitrogen and oxygen atoms in total. The molecule has 0 bridgehead atoms. The highest BCUT2D eigenvalue weighted by Crippen LogP contribution is 2.11. The number of amides is 1. The van der Waals surface area contributed by atoms with Gasteiger partial charge in [0.15, 0.2) is 6.10 Å². The molecule has 0 aliphatic carbocycles. The molecule has 1 amide bonds. The minimum Gasteiger partial charge on any atom is -0.378 e. The Hall–Kier alpha value is -0.610. The Bertz CT molecular complexity index is 220. The molecule has 0 unspecified atom stereocenters. The van der Waals surface area contributed by atoms with Gasteiger partial charge in [0, 0.05) is 27.7 Å². The van der Waals surface area contributed by atoms with Crippen LogP contribution in [-0.2, 0) is 14.3 Å². The summed E-state index contributed by atoms with van der Waals surface area (Å²) in [5, 5.41) is 0. The van der Waals surface area contributed by atoms with Crippen LogP contribution < -0.4 is 0 Å². The maximum Gasteiger partial charge on any atom is 0.254 e. The summed E-state index contributed by atoms with van der Waals surface area (Å²) in [7, 11) is 0. The van der Waals surface area contributed by atoms with E-state index in [0.717, 1.165) is 32.4 Å². The van der Waals surface area contributed by atoms with E-state index in [2.05, 4.69) is 0 Å². The number of likely N-dealkylation sites (tertiary alicyclic amines) is 1. The van der Waals surface area contributed by atoms with E-state index in [1.54, 1.807) is 0 Å². The largest absolute Gasteiger partial charge is 0.378 e. The first-order chi connectivity index (χ1) is 8.29. The molecule has 1 fully saturated rings. The monoisotopic (exact) mass is 231 g/mol. The van der Waals surface area contributed by atoms with Gasteiger partial charge in [-0.25, -0.2) is 0 Å². The van der Waals surface area contributed by atoms with Crippen molar-refractivity contribution in [2.24, 2.45) is 0 Å². The number of hydrogen-bond acceptors (Lipinski definition) is 3. The van der Waals surface area contributed by atoms with Crippen LogP contribution in [0.2, 0.25) is 0 Å². The molecule has 0 aromatic rings. The topological polar surface area (TPSA) is 38.8 Å². The second-order valence-corrected chi connectivity index (χ2v) is 3.97. The summed E-state index contributed by atoms with van der Waals surface area (Å²) in [5.74, 6) is 0.0425. The minimum absolute atomic E-state index is 0.0425. The SMILES string of the molecule is [3H]CCOC[C@H](OCCC)C(=O)N1CCCC1. The summed E-state index contributed by atoms with van der Waals surface area (Å²) in [6, 6.07) is 0. The van der Waals surface area contributed by atoms with E-state index >= 15 is 0 Å². The Morgan fingerprint density at radius 2 is 2.25 bits per heavy atom. The molecule has 0 aromatic heterocycles. The molecule has 0 aromatic carbocycles. The zero-order valence-electron chi connectivity index (χ0n) is 11.1. The summed E-state index contributed by atoms with van der Waals surface area (Å²) in [6.07, 6.45) is 2.57. The van der Waals surface area contributed by atoms with Gasteiger partial charge in [-0.05, 0) is 26.2 Å².